The van der Waals surface area contributed by atoms with Crippen molar-refractivity contribution >= 4 is 50.1 Å². The number of nitrogen functional groups attached to an aromatic ring is 1. The van der Waals surface area contributed by atoms with Gasteiger partial charge >= 0.3 is 0 Å². The Labute approximate surface area is 121 Å². The van der Waals surface area contributed by atoms with E-state index in [4.69, 9.17) is 10.5 Å². The van der Waals surface area contributed by atoms with Gasteiger partial charge in [0.1, 0.15) is 10.6 Å². The highest BCUT2D eigenvalue weighted by Crippen LogP contribution is 2.30. The molecule has 18 heavy (non-hydrogen) atoms. The molecule has 0 radical (unpaired) electrons. The van der Waals surface area contributed by atoms with E-state index in [9.17, 15) is 0 Å². The molecule has 2 aromatic heterocycles. The van der Waals surface area contributed by atoms with Crippen LogP contribution >= 0.6 is 33.9 Å². The highest BCUT2D eigenvalue weighted by Gasteiger charge is 2.09. The Morgan fingerprint density at radius 2 is 1.89 bits per heavy atom. The fourth-order valence-corrected chi connectivity index (χ4v) is 2.66. The molecule has 0 spiro atoms. The highest BCUT2D eigenvalue weighted by atomic mass is 127. The van der Waals surface area contributed by atoms with Crippen LogP contribution in [0.25, 0.3) is 10.2 Å². The molecule has 6 heteroatoms. The van der Waals surface area contributed by atoms with E-state index >= 15 is 0 Å². The maximum atomic E-state index is 5.76. The number of benzene rings is 1. The Morgan fingerprint density at radius 1 is 1.11 bits per heavy atom. The smallest absolute Gasteiger partial charge is 0.232 e. The van der Waals surface area contributed by atoms with Gasteiger partial charge in [0.05, 0.1) is 5.39 Å². The largest absolute Gasteiger partial charge is 0.438 e. The average molecular weight is 369 g/mol. The van der Waals surface area contributed by atoms with Gasteiger partial charge in [0.25, 0.3) is 0 Å². The van der Waals surface area contributed by atoms with E-state index in [1.54, 1.807) is 0 Å². The SMILES string of the molecule is Nc1nc(Oc2ccc(I)cc2)c2ccsc2n1. The maximum absolute atomic E-state index is 5.76. The number of aromatic nitrogens is 2. The molecule has 2 N–H and O–H groups in total. The first-order valence-electron chi connectivity index (χ1n) is 5.16. The molecular formula is C12H8IN3OS. The summed E-state index contributed by atoms with van der Waals surface area (Å²) in [6, 6.07) is 9.69. The van der Waals surface area contributed by atoms with Crippen molar-refractivity contribution in [3.05, 3.63) is 39.3 Å². The van der Waals surface area contributed by atoms with Crippen LogP contribution in [0.2, 0.25) is 0 Å². The van der Waals surface area contributed by atoms with Crippen LogP contribution in [0.4, 0.5) is 5.95 Å². The van der Waals surface area contributed by atoms with Crippen LogP contribution < -0.4 is 10.5 Å². The van der Waals surface area contributed by atoms with Crippen molar-refractivity contribution < 1.29 is 4.74 Å². The number of nitrogens with two attached hydrogens (primary N) is 1. The molecule has 0 saturated heterocycles. The lowest BCUT2D eigenvalue weighted by atomic mass is 10.3. The summed E-state index contributed by atoms with van der Waals surface area (Å²) in [5.74, 6) is 1.46. The number of hydrogen-bond donors (Lipinski definition) is 1. The standard InChI is InChI=1S/C12H8IN3OS/c13-7-1-3-8(4-2-7)17-10-9-5-6-18-11(9)16-12(14)15-10/h1-6H,(H2,14,15,16). The van der Waals surface area contributed by atoms with Crippen molar-refractivity contribution in [2.75, 3.05) is 5.73 Å². The van der Waals surface area contributed by atoms with Crippen LogP contribution in [0, 0.1) is 3.57 Å². The van der Waals surface area contributed by atoms with Gasteiger partial charge in [-0.25, -0.2) is 4.98 Å². The molecule has 0 bridgehead atoms. The van der Waals surface area contributed by atoms with Gasteiger partial charge in [0.15, 0.2) is 0 Å². The number of hydrogen-bond acceptors (Lipinski definition) is 5. The third-order valence-corrected chi connectivity index (χ3v) is 3.86. The van der Waals surface area contributed by atoms with Crippen molar-refractivity contribution in [2.24, 2.45) is 0 Å². The second-order valence-electron chi connectivity index (χ2n) is 3.58. The molecule has 4 nitrogen and oxygen atoms in total. The van der Waals surface area contributed by atoms with Gasteiger partial charge in [0.2, 0.25) is 11.8 Å². The summed E-state index contributed by atoms with van der Waals surface area (Å²) >= 11 is 3.76. The molecule has 0 amide bonds. The summed E-state index contributed by atoms with van der Waals surface area (Å²) in [6.07, 6.45) is 0. The zero-order valence-electron chi connectivity index (χ0n) is 9.13. The second-order valence-corrected chi connectivity index (χ2v) is 5.72. The normalized spacial score (nSPS) is 10.7. The van der Waals surface area contributed by atoms with Gasteiger partial charge in [-0.15, -0.1) is 11.3 Å². The van der Waals surface area contributed by atoms with Gasteiger partial charge in [-0.05, 0) is 58.3 Å². The number of fused-ring (bicyclic) bond motifs is 1. The third-order valence-electron chi connectivity index (χ3n) is 2.34. The van der Waals surface area contributed by atoms with Crippen LogP contribution in [0.1, 0.15) is 0 Å². The number of nitrogens with zero attached hydrogens (tertiary/aromatic N) is 2. The first-order valence-corrected chi connectivity index (χ1v) is 7.12. The van der Waals surface area contributed by atoms with E-state index in [1.807, 2.05) is 35.7 Å². The molecule has 0 atom stereocenters. The molecule has 0 aliphatic carbocycles. The van der Waals surface area contributed by atoms with Gasteiger partial charge < -0.3 is 10.5 Å². The lowest BCUT2D eigenvalue weighted by molar-refractivity contribution is 0.469. The minimum Gasteiger partial charge on any atom is -0.438 e. The first kappa shape index (κ1) is 11.7. The molecule has 0 fully saturated rings. The van der Waals surface area contributed by atoms with Gasteiger partial charge in [0, 0.05) is 3.57 Å². The third kappa shape index (κ3) is 2.25. The fourth-order valence-electron chi connectivity index (χ4n) is 1.54. The lowest BCUT2D eigenvalue weighted by Gasteiger charge is -2.06. The molecule has 0 unspecified atom stereocenters. The number of ether oxygens (including phenoxy) is 1. The molecule has 3 aromatic rings. The summed E-state index contributed by atoms with van der Waals surface area (Å²) in [7, 11) is 0. The molecule has 0 aliphatic rings. The lowest BCUT2D eigenvalue weighted by Crippen LogP contribution is -1.97. The molecular weight excluding hydrogens is 361 g/mol. The fraction of sp³-hybridized carbons (Fsp3) is 0. The average Bonchev–Trinajstić information content (AvgIpc) is 2.80. The Bertz CT molecular complexity index is 696. The van der Waals surface area contributed by atoms with E-state index in [0.29, 0.717) is 5.88 Å². The van der Waals surface area contributed by atoms with Crippen LogP contribution in [0.3, 0.4) is 0 Å². The minimum atomic E-state index is 0.227. The van der Waals surface area contributed by atoms with Crippen LogP contribution in [-0.2, 0) is 0 Å². The summed E-state index contributed by atoms with van der Waals surface area (Å²) in [5.41, 5.74) is 5.66. The van der Waals surface area contributed by atoms with Crippen molar-refractivity contribution in [3.8, 4) is 11.6 Å². The number of anilines is 1. The Morgan fingerprint density at radius 3 is 2.67 bits per heavy atom. The van der Waals surface area contributed by atoms with E-state index in [2.05, 4.69) is 32.6 Å². The topological polar surface area (TPSA) is 61.0 Å². The van der Waals surface area contributed by atoms with E-state index in [-0.39, 0.29) is 5.95 Å². The predicted molar refractivity (Wildman–Crippen MR) is 81.1 cm³/mol. The van der Waals surface area contributed by atoms with Gasteiger partial charge in [-0.1, -0.05) is 0 Å². The molecule has 1 aromatic carbocycles. The van der Waals surface area contributed by atoms with E-state index in [1.165, 1.54) is 11.3 Å². The van der Waals surface area contributed by atoms with Crippen LogP contribution in [0.15, 0.2) is 35.7 Å². The maximum Gasteiger partial charge on any atom is 0.232 e. The summed E-state index contributed by atoms with van der Waals surface area (Å²) in [6.45, 7) is 0. The van der Waals surface area contributed by atoms with E-state index in [0.717, 1.165) is 19.5 Å². The molecule has 0 aliphatic heterocycles. The van der Waals surface area contributed by atoms with E-state index < -0.39 is 0 Å². The van der Waals surface area contributed by atoms with Crippen molar-refractivity contribution in [2.45, 2.75) is 0 Å². The molecule has 2 heterocycles. The van der Waals surface area contributed by atoms with Crippen molar-refractivity contribution in [1.82, 2.24) is 9.97 Å². The number of thiophene rings is 1. The first-order chi connectivity index (χ1) is 8.72. The summed E-state index contributed by atoms with van der Waals surface area (Å²) < 4.78 is 6.91. The highest BCUT2D eigenvalue weighted by molar-refractivity contribution is 14.1. The second kappa shape index (κ2) is 4.69. The molecule has 3 rings (SSSR count). The Balaban J connectivity index is 2.03. The summed E-state index contributed by atoms with van der Waals surface area (Å²) in [4.78, 5) is 9.13. The Hall–Kier alpha value is -1.41. The van der Waals surface area contributed by atoms with Crippen LogP contribution in [-0.4, -0.2) is 9.97 Å². The van der Waals surface area contributed by atoms with Crippen molar-refractivity contribution in [3.63, 3.8) is 0 Å². The Kier molecular flexibility index (Phi) is 3.04. The molecule has 90 valence electrons. The van der Waals surface area contributed by atoms with Crippen LogP contribution in [0.5, 0.6) is 11.6 Å². The van der Waals surface area contributed by atoms with Gasteiger partial charge in [-0.2, -0.15) is 4.98 Å². The molecule has 0 saturated carbocycles. The summed E-state index contributed by atoms with van der Waals surface area (Å²) in [5, 5.41) is 2.83. The zero-order chi connectivity index (χ0) is 12.5. The zero-order valence-corrected chi connectivity index (χ0v) is 12.1. The quantitative estimate of drug-likeness (QED) is 0.701. The monoisotopic (exact) mass is 369 g/mol. The number of halogens is 1. The van der Waals surface area contributed by atoms with Crippen molar-refractivity contribution in [1.29, 1.82) is 0 Å². The van der Waals surface area contributed by atoms with Gasteiger partial charge in [-0.3, -0.25) is 0 Å². The predicted octanol–water partition coefficient (Wildman–Crippen LogP) is 3.67. The minimum absolute atomic E-state index is 0.227. The number of rotatable bonds is 2.